The molecule has 2 N–H and O–H groups in total. The van der Waals surface area contributed by atoms with Gasteiger partial charge in [-0.15, -0.1) is 0 Å². The predicted octanol–water partition coefficient (Wildman–Crippen LogP) is 3.78. The molecule has 0 spiro atoms. The lowest BCUT2D eigenvalue weighted by Crippen LogP contribution is -2.46. The monoisotopic (exact) mass is 374 g/mol. The smallest absolute Gasteiger partial charge is 0.279 e. The first-order valence-corrected chi connectivity index (χ1v) is 9.01. The van der Waals surface area contributed by atoms with E-state index in [9.17, 15) is 9.59 Å². The molecular weight excluding hydrogens is 352 g/mol. The second kappa shape index (κ2) is 8.86. The van der Waals surface area contributed by atoms with Crippen molar-refractivity contribution in [1.29, 1.82) is 0 Å². The van der Waals surface area contributed by atoms with E-state index >= 15 is 0 Å². The largest absolute Gasteiger partial charge is 0.481 e. The van der Waals surface area contributed by atoms with Crippen LogP contribution in [0.15, 0.2) is 72.8 Å². The molecule has 0 unspecified atom stereocenters. The molecule has 5 nitrogen and oxygen atoms in total. The first-order chi connectivity index (χ1) is 13.5. The number of fused-ring (bicyclic) bond motifs is 1. The van der Waals surface area contributed by atoms with Crippen molar-refractivity contribution in [2.24, 2.45) is 0 Å². The topological polar surface area (TPSA) is 67.4 Å². The van der Waals surface area contributed by atoms with Crippen LogP contribution in [0.25, 0.3) is 16.8 Å². The van der Waals surface area contributed by atoms with Crippen LogP contribution in [0.1, 0.15) is 18.1 Å². The minimum absolute atomic E-state index is 0.424. The summed E-state index contributed by atoms with van der Waals surface area (Å²) in [5.74, 6) is -0.274. The number of hydrogen-bond acceptors (Lipinski definition) is 3. The van der Waals surface area contributed by atoms with Gasteiger partial charge in [0.1, 0.15) is 5.75 Å². The molecule has 3 aromatic rings. The highest BCUT2D eigenvalue weighted by Gasteiger charge is 2.15. The van der Waals surface area contributed by atoms with Crippen molar-refractivity contribution in [3.63, 3.8) is 0 Å². The number of ether oxygens (including phenoxy) is 1. The van der Waals surface area contributed by atoms with Gasteiger partial charge in [-0.2, -0.15) is 0 Å². The third-order valence-electron chi connectivity index (χ3n) is 4.22. The summed E-state index contributed by atoms with van der Waals surface area (Å²) in [6, 6.07) is 21.3. The van der Waals surface area contributed by atoms with Crippen LogP contribution < -0.4 is 15.6 Å². The Labute approximate surface area is 164 Å². The molecule has 0 fully saturated rings. The summed E-state index contributed by atoms with van der Waals surface area (Å²) >= 11 is 0. The fourth-order valence-electron chi connectivity index (χ4n) is 2.61. The van der Waals surface area contributed by atoms with Gasteiger partial charge in [0, 0.05) is 6.08 Å². The number of aryl methyl sites for hydroxylation is 1. The van der Waals surface area contributed by atoms with Crippen molar-refractivity contribution >= 4 is 28.7 Å². The van der Waals surface area contributed by atoms with Gasteiger partial charge in [0.15, 0.2) is 6.10 Å². The summed E-state index contributed by atoms with van der Waals surface area (Å²) in [5, 5.41) is 2.13. The molecule has 0 heterocycles. The minimum atomic E-state index is -0.762. The quantitative estimate of drug-likeness (QED) is 0.528. The van der Waals surface area contributed by atoms with Gasteiger partial charge >= 0.3 is 0 Å². The molecule has 0 saturated heterocycles. The van der Waals surface area contributed by atoms with Crippen LogP contribution in [-0.2, 0) is 9.59 Å². The molecule has 28 heavy (non-hydrogen) atoms. The van der Waals surface area contributed by atoms with Gasteiger partial charge in [-0.25, -0.2) is 0 Å². The lowest BCUT2D eigenvalue weighted by atomic mass is 10.1. The van der Waals surface area contributed by atoms with Gasteiger partial charge in [0.25, 0.3) is 11.8 Å². The van der Waals surface area contributed by atoms with Gasteiger partial charge in [-0.1, -0.05) is 60.2 Å². The van der Waals surface area contributed by atoms with Crippen LogP contribution in [0, 0.1) is 6.92 Å². The van der Waals surface area contributed by atoms with E-state index in [1.54, 1.807) is 13.0 Å². The molecule has 142 valence electrons. The second-order valence-corrected chi connectivity index (χ2v) is 6.49. The van der Waals surface area contributed by atoms with Gasteiger partial charge < -0.3 is 4.74 Å². The number of rotatable bonds is 5. The first-order valence-electron chi connectivity index (χ1n) is 9.01. The molecule has 0 aliphatic heterocycles. The molecule has 1 atom stereocenters. The number of hydrogen-bond donors (Lipinski definition) is 2. The average molecular weight is 374 g/mol. The fraction of sp³-hybridized carbons (Fsp3) is 0.130. The lowest BCUT2D eigenvalue weighted by molar-refractivity contribution is -0.131. The molecule has 0 aromatic heterocycles. The molecule has 2 amide bonds. The standard InChI is InChI=1S/C23H22N2O3/c1-16-7-9-18(10-8-16)11-14-22(26)24-25-23(27)17(2)28-21-13-12-19-5-3-4-6-20(19)15-21/h3-15,17H,1-2H3,(H,24,26)(H,25,27)/b14-11+/t17-/m0/s1. The highest BCUT2D eigenvalue weighted by Crippen LogP contribution is 2.21. The van der Waals surface area contributed by atoms with Crippen molar-refractivity contribution in [3.8, 4) is 5.75 Å². The first kappa shape index (κ1) is 19.2. The summed E-state index contributed by atoms with van der Waals surface area (Å²) in [4.78, 5) is 24.0. The zero-order chi connectivity index (χ0) is 19.9. The number of carbonyl (C=O) groups is 2. The molecule has 0 saturated carbocycles. The van der Waals surface area contributed by atoms with Crippen LogP contribution in [0.5, 0.6) is 5.75 Å². The Morgan fingerprint density at radius 1 is 0.929 bits per heavy atom. The van der Waals surface area contributed by atoms with Gasteiger partial charge in [-0.05, 0) is 48.4 Å². The summed E-state index contributed by atoms with van der Waals surface area (Å²) in [6.07, 6.45) is 2.28. The van der Waals surface area contributed by atoms with Crippen molar-refractivity contribution in [2.75, 3.05) is 0 Å². The summed E-state index contributed by atoms with van der Waals surface area (Å²) in [6.45, 7) is 3.62. The van der Waals surface area contributed by atoms with Crippen molar-refractivity contribution in [1.82, 2.24) is 10.9 Å². The SMILES string of the molecule is Cc1ccc(/C=C/C(=O)NNC(=O)[C@H](C)Oc2ccc3ccccc3c2)cc1. The summed E-state index contributed by atoms with van der Waals surface area (Å²) in [7, 11) is 0. The minimum Gasteiger partial charge on any atom is -0.481 e. The van der Waals surface area contributed by atoms with Crippen LogP contribution in [0.2, 0.25) is 0 Å². The zero-order valence-electron chi connectivity index (χ0n) is 15.8. The maximum atomic E-state index is 12.2. The highest BCUT2D eigenvalue weighted by molar-refractivity contribution is 5.93. The van der Waals surface area contributed by atoms with Crippen molar-refractivity contribution in [2.45, 2.75) is 20.0 Å². The molecule has 0 aliphatic carbocycles. The number of carbonyl (C=O) groups excluding carboxylic acids is 2. The number of hydrazine groups is 1. The molecule has 0 radical (unpaired) electrons. The molecule has 3 aromatic carbocycles. The Morgan fingerprint density at radius 3 is 2.39 bits per heavy atom. The Morgan fingerprint density at radius 2 is 1.64 bits per heavy atom. The Hall–Kier alpha value is -3.60. The highest BCUT2D eigenvalue weighted by atomic mass is 16.5. The molecule has 0 aliphatic rings. The van der Waals surface area contributed by atoms with Gasteiger partial charge in [0.05, 0.1) is 0 Å². The zero-order valence-corrected chi connectivity index (χ0v) is 15.8. The van der Waals surface area contributed by atoms with E-state index < -0.39 is 17.9 Å². The summed E-state index contributed by atoms with van der Waals surface area (Å²) in [5.41, 5.74) is 6.78. The fourth-order valence-corrected chi connectivity index (χ4v) is 2.61. The van der Waals surface area contributed by atoms with E-state index in [4.69, 9.17) is 4.74 Å². The predicted molar refractivity (Wildman–Crippen MR) is 111 cm³/mol. The maximum absolute atomic E-state index is 12.2. The number of amides is 2. The average Bonchev–Trinajstić information content (AvgIpc) is 2.71. The third kappa shape index (κ3) is 5.20. The number of nitrogens with one attached hydrogen (secondary N) is 2. The Balaban J connectivity index is 1.50. The van der Waals surface area contributed by atoms with E-state index in [2.05, 4.69) is 10.9 Å². The van der Waals surface area contributed by atoms with Gasteiger partial charge in [-0.3, -0.25) is 20.4 Å². The van der Waals surface area contributed by atoms with Crippen molar-refractivity contribution in [3.05, 3.63) is 83.9 Å². The molecular formula is C23H22N2O3. The Kier molecular flexibility index (Phi) is 6.07. The van der Waals surface area contributed by atoms with Crippen LogP contribution >= 0.6 is 0 Å². The van der Waals surface area contributed by atoms with Crippen LogP contribution in [-0.4, -0.2) is 17.9 Å². The van der Waals surface area contributed by atoms with E-state index in [0.717, 1.165) is 21.9 Å². The van der Waals surface area contributed by atoms with Crippen LogP contribution in [0.4, 0.5) is 0 Å². The van der Waals surface area contributed by atoms with E-state index in [-0.39, 0.29) is 0 Å². The van der Waals surface area contributed by atoms with E-state index in [0.29, 0.717) is 5.75 Å². The lowest BCUT2D eigenvalue weighted by Gasteiger charge is -2.15. The van der Waals surface area contributed by atoms with E-state index in [1.165, 1.54) is 6.08 Å². The third-order valence-corrected chi connectivity index (χ3v) is 4.22. The van der Waals surface area contributed by atoms with Crippen molar-refractivity contribution < 1.29 is 14.3 Å². The molecule has 3 rings (SSSR count). The van der Waals surface area contributed by atoms with E-state index in [1.807, 2.05) is 73.7 Å². The molecule has 0 bridgehead atoms. The number of benzene rings is 3. The maximum Gasteiger partial charge on any atom is 0.279 e. The summed E-state index contributed by atoms with van der Waals surface area (Å²) < 4.78 is 5.68. The van der Waals surface area contributed by atoms with Crippen LogP contribution in [0.3, 0.4) is 0 Å². The van der Waals surface area contributed by atoms with Gasteiger partial charge in [0.2, 0.25) is 0 Å². The molecule has 5 heteroatoms. The Bertz CT molecular complexity index is 1010. The normalized spacial score (nSPS) is 11.9. The second-order valence-electron chi connectivity index (χ2n) is 6.49.